The summed E-state index contributed by atoms with van der Waals surface area (Å²) in [7, 11) is 0. The molecule has 0 spiro atoms. The zero-order valence-electron chi connectivity index (χ0n) is 12.8. The van der Waals surface area contributed by atoms with E-state index in [-0.39, 0.29) is 5.91 Å². The normalized spacial score (nSPS) is 10.5. The Hall–Kier alpha value is -2.11. The van der Waals surface area contributed by atoms with Crippen LogP contribution in [0.1, 0.15) is 21.5 Å². The molecule has 3 aromatic rings. The van der Waals surface area contributed by atoms with Crippen LogP contribution in [0.5, 0.6) is 5.75 Å². The summed E-state index contributed by atoms with van der Waals surface area (Å²) in [6, 6.07) is 15.5. The number of rotatable bonds is 6. The molecule has 5 heteroatoms. The Morgan fingerprint density at radius 3 is 2.39 bits per heavy atom. The second-order valence-corrected chi connectivity index (χ2v) is 6.85. The highest BCUT2D eigenvalue weighted by Gasteiger charge is 2.19. The van der Waals surface area contributed by atoms with E-state index in [1.165, 1.54) is 11.3 Å². The number of nitrogens with zero attached hydrogens (tertiary/aromatic N) is 1. The minimum Gasteiger partial charge on any atom is -0.494 e. The van der Waals surface area contributed by atoms with E-state index in [9.17, 15) is 4.79 Å². The van der Waals surface area contributed by atoms with Crippen LogP contribution in [0.4, 0.5) is 5.69 Å². The molecular formula is C18H17NO2S2. The number of carbonyl (C=O) groups is 1. The van der Waals surface area contributed by atoms with Crippen molar-refractivity contribution in [3.63, 3.8) is 0 Å². The van der Waals surface area contributed by atoms with E-state index < -0.39 is 0 Å². The molecule has 1 amide bonds. The van der Waals surface area contributed by atoms with Gasteiger partial charge in [-0.15, -0.1) is 22.7 Å². The van der Waals surface area contributed by atoms with E-state index in [1.807, 2.05) is 71.1 Å². The predicted octanol–water partition coefficient (Wildman–Crippen LogP) is 5.06. The molecule has 0 aliphatic heterocycles. The van der Waals surface area contributed by atoms with Gasteiger partial charge in [-0.3, -0.25) is 4.79 Å². The monoisotopic (exact) mass is 343 g/mol. The third-order valence-corrected chi connectivity index (χ3v) is 5.05. The smallest absolute Gasteiger partial charge is 0.268 e. The Balaban J connectivity index is 1.89. The minimum atomic E-state index is 0.0255. The van der Waals surface area contributed by atoms with Gasteiger partial charge in [0.25, 0.3) is 5.91 Å². The molecule has 0 fully saturated rings. The van der Waals surface area contributed by atoms with Crippen LogP contribution in [0.25, 0.3) is 0 Å². The second kappa shape index (κ2) is 7.44. The van der Waals surface area contributed by atoms with E-state index >= 15 is 0 Å². The number of carbonyl (C=O) groups excluding carboxylic acids is 1. The van der Waals surface area contributed by atoms with Gasteiger partial charge >= 0.3 is 0 Å². The lowest BCUT2D eigenvalue weighted by atomic mass is 10.2. The molecule has 0 N–H and O–H groups in total. The van der Waals surface area contributed by atoms with Gasteiger partial charge in [0, 0.05) is 10.6 Å². The Labute approximate surface area is 143 Å². The lowest BCUT2D eigenvalue weighted by Gasteiger charge is -2.22. The molecule has 0 saturated carbocycles. The molecule has 1 aromatic carbocycles. The molecule has 118 valence electrons. The summed E-state index contributed by atoms with van der Waals surface area (Å²) in [6.45, 7) is 3.16. The van der Waals surface area contributed by atoms with Gasteiger partial charge in [0.05, 0.1) is 18.0 Å². The first kappa shape index (κ1) is 15.8. The van der Waals surface area contributed by atoms with Crippen LogP contribution in [0.3, 0.4) is 0 Å². The average Bonchev–Trinajstić information content (AvgIpc) is 3.27. The molecule has 0 atom stereocenters. The molecule has 2 aromatic heterocycles. The molecular weight excluding hydrogens is 326 g/mol. The van der Waals surface area contributed by atoms with Gasteiger partial charge in [-0.25, -0.2) is 0 Å². The van der Waals surface area contributed by atoms with Crippen LogP contribution in [0.2, 0.25) is 0 Å². The number of thiophene rings is 2. The van der Waals surface area contributed by atoms with Gasteiger partial charge in [0.15, 0.2) is 0 Å². The molecule has 23 heavy (non-hydrogen) atoms. The van der Waals surface area contributed by atoms with Crippen molar-refractivity contribution in [2.24, 2.45) is 0 Å². The van der Waals surface area contributed by atoms with Crippen LogP contribution in [0, 0.1) is 0 Å². The summed E-state index contributed by atoms with van der Waals surface area (Å²) >= 11 is 3.12. The van der Waals surface area contributed by atoms with E-state index in [0.29, 0.717) is 13.2 Å². The summed E-state index contributed by atoms with van der Waals surface area (Å²) in [6.07, 6.45) is 0. The first-order valence-electron chi connectivity index (χ1n) is 7.38. The lowest BCUT2D eigenvalue weighted by Crippen LogP contribution is -2.29. The van der Waals surface area contributed by atoms with Crippen LogP contribution < -0.4 is 9.64 Å². The summed E-state index contributed by atoms with van der Waals surface area (Å²) in [5.74, 6) is 0.841. The maximum absolute atomic E-state index is 12.9. The number of benzene rings is 1. The highest BCUT2D eigenvalue weighted by Crippen LogP contribution is 2.25. The third-order valence-electron chi connectivity index (χ3n) is 3.33. The summed E-state index contributed by atoms with van der Waals surface area (Å²) in [5.41, 5.74) is 0.875. The van der Waals surface area contributed by atoms with Crippen molar-refractivity contribution in [1.82, 2.24) is 0 Å². The first-order valence-corrected chi connectivity index (χ1v) is 9.14. The van der Waals surface area contributed by atoms with Crippen molar-refractivity contribution in [2.75, 3.05) is 11.5 Å². The summed E-state index contributed by atoms with van der Waals surface area (Å²) < 4.78 is 5.48. The van der Waals surface area contributed by atoms with Crippen molar-refractivity contribution in [1.29, 1.82) is 0 Å². The molecule has 0 bridgehead atoms. The molecule has 3 nitrogen and oxygen atoms in total. The number of ether oxygens (including phenoxy) is 1. The number of anilines is 1. The van der Waals surface area contributed by atoms with Crippen molar-refractivity contribution >= 4 is 34.3 Å². The SMILES string of the molecule is CCOc1ccc(N(Cc2cccs2)C(=O)c2cccs2)cc1. The van der Waals surface area contributed by atoms with Crippen molar-refractivity contribution < 1.29 is 9.53 Å². The summed E-state index contributed by atoms with van der Waals surface area (Å²) in [4.78, 5) is 16.6. The van der Waals surface area contributed by atoms with Crippen molar-refractivity contribution in [3.05, 3.63) is 69.0 Å². The van der Waals surface area contributed by atoms with E-state index in [0.717, 1.165) is 21.2 Å². The fraction of sp³-hybridized carbons (Fsp3) is 0.167. The highest BCUT2D eigenvalue weighted by molar-refractivity contribution is 7.12. The molecule has 0 aliphatic rings. The Morgan fingerprint density at radius 1 is 1.04 bits per heavy atom. The van der Waals surface area contributed by atoms with E-state index in [1.54, 1.807) is 11.3 Å². The topological polar surface area (TPSA) is 29.5 Å². The minimum absolute atomic E-state index is 0.0255. The third kappa shape index (κ3) is 3.81. The molecule has 0 unspecified atom stereocenters. The molecule has 0 saturated heterocycles. The second-order valence-electron chi connectivity index (χ2n) is 4.87. The molecule has 0 radical (unpaired) electrons. The van der Waals surface area contributed by atoms with Gasteiger partial charge in [-0.1, -0.05) is 12.1 Å². The quantitative estimate of drug-likeness (QED) is 0.626. The molecule has 2 heterocycles. The predicted molar refractivity (Wildman–Crippen MR) is 96.8 cm³/mol. The highest BCUT2D eigenvalue weighted by atomic mass is 32.1. The molecule has 3 rings (SSSR count). The Bertz CT molecular complexity index is 734. The standard InChI is InChI=1S/C18H17NO2S2/c1-2-21-15-9-7-14(8-10-15)19(13-16-5-3-11-22-16)18(20)17-6-4-12-23-17/h3-12H,2,13H2,1H3. The largest absolute Gasteiger partial charge is 0.494 e. The Kier molecular flexibility index (Phi) is 5.10. The van der Waals surface area contributed by atoms with Crippen LogP contribution >= 0.6 is 22.7 Å². The maximum Gasteiger partial charge on any atom is 0.268 e. The van der Waals surface area contributed by atoms with Gasteiger partial charge < -0.3 is 9.64 Å². The maximum atomic E-state index is 12.9. The van der Waals surface area contributed by atoms with Gasteiger partial charge in [-0.2, -0.15) is 0 Å². The molecule has 0 aliphatic carbocycles. The summed E-state index contributed by atoms with van der Waals surface area (Å²) in [5, 5.41) is 3.95. The fourth-order valence-corrected chi connectivity index (χ4v) is 3.63. The van der Waals surface area contributed by atoms with Crippen LogP contribution in [-0.2, 0) is 6.54 Å². The number of amides is 1. The van der Waals surface area contributed by atoms with E-state index in [4.69, 9.17) is 4.74 Å². The van der Waals surface area contributed by atoms with Crippen LogP contribution in [0.15, 0.2) is 59.3 Å². The average molecular weight is 343 g/mol. The number of hydrogen-bond donors (Lipinski definition) is 0. The fourth-order valence-electron chi connectivity index (χ4n) is 2.26. The Morgan fingerprint density at radius 2 is 1.78 bits per heavy atom. The van der Waals surface area contributed by atoms with Gasteiger partial charge in [0.2, 0.25) is 0 Å². The van der Waals surface area contributed by atoms with Gasteiger partial charge in [-0.05, 0) is 54.1 Å². The number of hydrogen-bond acceptors (Lipinski definition) is 4. The zero-order chi connectivity index (χ0) is 16.1. The lowest BCUT2D eigenvalue weighted by molar-refractivity contribution is 0.0989. The van der Waals surface area contributed by atoms with Crippen molar-refractivity contribution in [3.8, 4) is 5.75 Å². The zero-order valence-corrected chi connectivity index (χ0v) is 14.4. The van der Waals surface area contributed by atoms with E-state index in [2.05, 4.69) is 0 Å². The first-order chi connectivity index (χ1) is 11.3. The van der Waals surface area contributed by atoms with Gasteiger partial charge in [0.1, 0.15) is 5.75 Å². The van der Waals surface area contributed by atoms with Crippen molar-refractivity contribution in [2.45, 2.75) is 13.5 Å². The van der Waals surface area contributed by atoms with Crippen LogP contribution in [-0.4, -0.2) is 12.5 Å².